The monoisotopic (exact) mass is 316 g/mol. The van der Waals surface area contributed by atoms with Crippen LogP contribution in [0.1, 0.15) is 41.0 Å². The molecule has 0 aromatic rings. The van der Waals surface area contributed by atoms with Crippen LogP contribution in [0, 0.1) is 0 Å². The second-order valence-electron chi connectivity index (χ2n) is 6.18. The summed E-state index contributed by atoms with van der Waals surface area (Å²) in [6.45, 7) is 12.5. The number of rotatable bonds is 8. The minimum absolute atomic E-state index is 0.141. The summed E-state index contributed by atoms with van der Waals surface area (Å²) in [5.74, 6) is -1.18. The van der Waals surface area contributed by atoms with Gasteiger partial charge in [-0.2, -0.15) is 0 Å². The van der Waals surface area contributed by atoms with Crippen LogP contribution >= 0.6 is 0 Å². The Bertz CT molecular complexity index is 379. The lowest BCUT2D eigenvalue weighted by atomic mass is 10.00. The molecule has 6 heteroatoms. The van der Waals surface area contributed by atoms with Gasteiger partial charge in [0.15, 0.2) is 5.79 Å². The van der Waals surface area contributed by atoms with E-state index in [4.69, 9.17) is 18.9 Å². The van der Waals surface area contributed by atoms with E-state index in [0.717, 1.165) is 0 Å². The molecular formula is C16H28O6. The van der Waals surface area contributed by atoms with E-state index in [2.05, 4.69) is 6.58 Å². The number of aliphatic hydroxyl groups excluding tert-OH is 1. The van der Waals surface area contributed by atoms with E-state index in [9.17, 15) is 9.90 Å². The molecule has 0 saturated carbocycles. The van der Waals surface area contributed by atoms with Gasteiger partial charge in [-0.15, -0.1) is 6.58 Å². The Morgan fingerprint density at radius 2 is 2.14 bits per heavy atom. The molecule has 0 amide bonds. The first-order valence-corrected chi connectivity index (χ1v) is 7.59. The van der Waals surface area contributed by atoms with Crippen molar-refractivity contribution >= 4 is 5.97 Å². The summed E-state index contributed by atoms with van der Waals surface area (Å²) in [4.78, 5) is 11.3. The Hall–Kier alpha value is -0.950. The molecule has 0 spiro atoms. The third-order valence-electron chi connectivity index (χ3n) is 3.26. The maximum Gasteiger partial charge on any atom is 0.303 e. The number of ether oxygens (including phenoxy) is 4. The first-order valence-electron chi connectivity index (χ1n) is 7.59. The molecular weight excluding hydrogens is 288 g/mol. The van der Waals surface area contributed by atoms with Crippen LogP contribution in [0.5, 0.6) is 0 Å². The molecule has 0 aromatic carbocycles. The molecule has 1 N–H and O–H groups in total. The summed E-state index contributed by atoms with van der Waals surface area (Å²) in [6.07, 6.45) is -0.991. The summed E-state index contributed by atoms with van der Waals surface area (Å²) >= 11 is 0. The first-order chi connectivity index (χ1) is 10.2. The maximum atomic E-state index is 11.3. The van der Waals surface area contributed by atoms with Gasteiger partial charge in [0.25, 0.3) is 0 Å². The van der Waals surface area contributed by atoms with Gasteiger partial charge < -0.3 is 24.1 Å². The minimum atomic E-state index is -0.978. The summed E-state index contributed by atoms with van der Waals surface area (Å²) in [5.41, 5.74) is 0. The molecule has 1 rings (SSSR count). The molecule has 0 aromatic heterocycles. The van der Waals surface area contributed by atoms with E-state index in [1.165, 1.54) is 6.92 Å². The average Bonchev–Trinajstić information content (AvgIpc) is 2.74. The Morgan fingerprint density at radius 1 is 1.50 bits per heavy atom. The van der Waals surface area contributed by atoms with Crippen molar-refractivity contribution in [1.82, 2.24) is 0 Å². The van der Waals surface area contributed by atoms with Crippen molar-refractivity contribution in [3.8, 4) is 0 Å². The highest BCUT2D eigenvalue weighted by Crippen LogP contribution is 2.28. The molecule has 0 aliphatic carbocycles. The molecule has 1 unspecified atom stereocenters. The van der Waals surface area contributed by atoms with E-state index in [-0.39, 0.29) is 12.7 Å². The predicted molar refractivity (Wildman–Crippen MR) is 81.3 cm³/mol. The lowest BCUT2D eigenvalue weighted by Crippen LogP contribution is -2.49. The molecule has 4 atom stereocenters. The van der Waals surface area contributed by atoms with Gasteiger partial charge in [0.2, 0.25) is 0 Å². The Morgan fingerprint density at radius 3 is 2.55 bits per heavy atom. The third kappa shape index (κ3) is 5.68. The molecule has 0 bridgehead atoms. The maximum absolute atomic E-state index is 11.3. The van der Waals surface area contributed by atoms with Crippen LogP contribution in [0.4, 0.5) is 0 Å². The molecule has 6 nitrogen and oxygen atoms in total. The summed E-state index contributed by atoms with van der Waals surface area (Å²) in [6, 6.07) is 0. The highest BCUT2D eigenvalue weighted by Gasteiger charge is 2.43. The second-order valence-corrected chi connectivity index (χ2v) is 6.18. The van der Waals surface area contributed by atoms with Crippen LogP contribution in [0.2, 0.25) is 0 Å². The number of carbonyl (C=O) groups excluding carboxylic acids is 1. The molecule has 1 aliphatic rings. The highest BCUT2D eigenvalue weighted by atomic mass is 16.7. The Balaban J connectivity index is 2.89. The Labute approximate surface area is 132 Å². The fraction of sp³-hybridized carbons (Fsp3) is 0.812. The molecule has 128 valence electrons. The van der Waals surface area contributed by atoms with E-state index < -0.39 is 36.2 Å². The lowest BCUT2D eigenvalue weighted by Gasteiger charge is -2.33. The minimum Gasteiger partial charge on any atom is -0.459 e. The first kappa shape index (κ1) is 19.1. The van der Waals surface area contributed by atoms with Crippen LogP contribution in [-0.2, 0) is 23.7 Å². The second kappa shape index (κ2) is 8.06. The zero-order valence-corrected chi connectivity index (χ0v) is 14.1. The lowest BCUT2D eigenvalue weighted by molar-refractivity contribution is -0.192. The molecule has 1 fully saturated rings. The molecule has 22 heavy (non-hydrogen) atoms. The van der Waals surface area contributed by atoms with Gasteiger partial charge in [-0.25, -0.2) is 0 Å². The summed E-state index contributed by atoms with van der Waals surface area (Å²) in [7, 11) is 0. The fourth-order valence-corrected chi connectivity index (χ4v) is 2.42. The molecule has 1 saturated heterocycles. The quantitative estimate of drug-likeness (QED) is 0.544. The van der Waals surface area contributed by atoms with Crippen molar-refractivity contribution in [3.63, 3.8) is 0 Å². The number of hydrogen-bond acceptors (Lipinski definition) is 6. The highest BCUT2D eigenvalue weighted by molar-refractivity contribution is 5.66. The number of hydrogen-bond donors (Lipinski definition) is 1. The summed E-state index contributed by atoms with van der Waals surface area (Å²) < 4.78 is 22.3. The van der Waals surface area contributed by atoms with Crippen LogP contribution in [-0.4, -0.2) is 54.0 Å². The van der Waals surface area contributed by atoms with Gasteiger partial charge in [-0.05, 0) is 27.7 Å². The summed E-state index contributed by atoms with van der Waals surface area (Å²) in [5, 5.41) is 10.6. The van der Waals surface area contributed by atoms with Crippen molar-refractivity contribution in [3.05, 3.63) is 12.7 Å². The third-order valence-corrected chi connectivity index (χ3v) is 3.26. The van der Waals surface area contributed by atoms with Gasteiger partial charge in [0.1, 0.15) is 24.4 Å². The molecule has 1 heterocycles. The number of carbonyl (C=O) groups is 1. The normalized spacial score (nSPS) is 24.8. The van der Waals surface area contributed by atoms with Gasteiger partial charge in [0, 0.05) is 13.3 Å². The van der Waals surface area contributed by atoms with Crippen LogP contribution in [0.3, 0.4) is 0 Å². The van der Waals surface area contributed by atoms with Crippen molar-refractivity contribution in [2.75, 3.05) is 6.61 Å². The van der Waals surface area contributed by atoms with Crippen molar-refractivity contribution in [2.45, 2.75) is 77.3 Å². The van der Waals surface area contributed by atoms with Crippen molar-refractivity contribution < 1.29 is 28.8 Å². The standard InChI is InChI=1S/C16H28O6/c1-7-8-12(21-11(4)17)15(20-10(2)3)14(18)13-9-19-16(5,6)22-13/h7,10,12-15,18H,1,8-9H2,2-6H3/t12?,13-,14+,15+/m1/s1. The molecule has 1 aliphatic heterocycles. The van der Waals surface area contributed by atoms with E-state index in [1.54, 1.807) is 19.9 Å². The van der Waals surface area contributed by atoms with Crippen LogP contribution in [0.25, 0.3) is 0 Å². The van der Waals surface area contributed by atoms with Gasteiger partial charge in [-0.1, -0.05) is 6.08 Å². The predicted octanol–water partition coefficient (Wildman–Crippen LogP) is 1.80. The van der Waals surface area contributed by atoms with Gasteiger partial charge in [0.05, 0.1) is 12.7 Å². The van der Waals surface area contributed by atoms with E-state index in [0.29, 0.717) is 6.42 Å². The number of esters is 1. The van der Waals surface area contributed by atoms with Gasteiger partial charge >= 0.3 is 5.97 Å². The largest absolute Gasteiger partial charge is 0.459 e. The van der Waals surface area contributed by atoms with E-state index >= 15 is 0 Å². The SMILES string of the molecule is C=CCC(OC(C)=O)[C@H](OC(C)C)[C@@H](O)[C@H]1COC(C)(C)O1. The van der Waals surface area contributed by atoms with Crippen LogP contribution < -0.4 is 0 Å². The van der Waals surface area contributed by atoms with Crippen molar-refractivity contribution in [2.24, 2.45) is 0 Å². The molecule has 0 radical (unpaired) electrons. The average molecular weight is 316 g/mol. The van der Waals surface area contributed by atoms with Crippen LogP contribution in [0.15, 0.2) is 12.7 Å². The van der Waals surface area contributed by atoms with Gasteiger partial charge in [-0.3, -0.25) is 4.79 Å². The topological polar surface area (TPSA) is 74.2 Å². The zero-order chi connectivity index (χ0) is 16.9. The van der Waals surface area contributed by atoms with Crippen molar-refractivity contribution in [1.29, 1.82) is 0 Å². The fourth-order valence-electron chi connectivity index (χ4n) is 2.42. The zero-order valence-electron chi connectivity index (χ0n) is 14.1. The number of aliphatic hydroxyl groups is 1. The smallest absolute Gasteiger partial charge is 0.303 e. The Kier molecular flexibility index (Phi) is 6.99. The van der Waals surface area contributed by atoms with E-state index in [1.807, 2.05) is 13.8 Å².